The molecule has 0 amide bonds. The fourth-order valence-electron chi connectivity index (χ4n) is 2.85. The quantitative estimate of drug-likeness (QED) is 0.556. The molecule has 7 nitrogen and oxygen atoms in total. The van der Waals surface area contributed by atoms with Crippen LogP contribution < -0.4 is 0 Å². The topological polar surface area (TPSA) is 75.6 Å². The molecule has 2 aliphatic rings. The molecule has 24 heavy (non-hydrogen) atoms. The average Bonchev–Trinajstić information content (AvgIpc) is 3.11. The first-order valence-corrected chi connectivity index (χ1v) is 8.58. The Labute approximate surface area is 147 Å². The Balaban J connectivity index is 1.58. The van der Waals surface area contributed by atoms with Crippen LogP contribution in [0.4, 0.5) is 0 Å². The summed E-state index contributed by atoms with van der Waals surface area (Å²) in [6.07, 6.45) is 0.717. The van der Waals surface area contributed by atoms with E-state index >= 15 is 0 Å². The summed E-state index contributed by atoms with van der Waals surface area (Å²) in [6.45, 7) is 0.450. The third-order valence-corrected chi connectivity index (χ3v) is 4.26. The number of ether oxygens (including phenoxy) is 6. The van der Waals surface area contributed by atoms with Crippen LogP contribution in [0.3, 0.4) is 0 Å². The molecule has 0 aliphatic carbocycles. The SMILES string of the molecule is [3H][C@@H]1CC(OCCC(O)CCOC2C[C@H]([3H])O[C@@H]2COC)[C@@H](COC)O1. The summed E-state index contributed by atoms with van der Waals surface area (Å²) in [5, 5.41) is 10.1. The van der Waals surface area contributed by atoms with Crippen LogP contribution >= 0.6 is 0 Å². The number of aliphatic hydroxyl groups excluding tert-OH is 1. The zero-order valence-electron chi connectivity index (χ0n) is 16.6. The van der Waals surface area contributed by atoms with Gasteiger partial charge in [0.25, 0.3) is 0 Å². The van der Waals surface area contributed by atoms with Crippen LogP contribution in [0.5, 0.6) is 0 Å². The number of hydrogen-bond donors (Lipinski definition) is 1. The van der Waals surface area contributed by atoms with Gasteiger partial charge in [0.2, 0.25) is 0 Å². The Morgan fingerprint density at radius 3 is 1.83 bits per heavy atom. The summed E-state index contributed by atoms with van der Waals surface area (Å²) in [7, 11) is 3.19. The molecule has 2 aliphatic heterocycles. The maximum absolute atomic E-state index is 10.1. The van der Waals surface area contributed by atoms with Crippen molar-refractivity contribution < 1.29 is 36.3 Å². The zero-order valence-corrected chi connectivity index (χ0v) is 14.6. The smallest absolute Gasteiger partial charge is 0.107 e. The summed E-state index contributed by atoms with van der Waals surface area (Å²) in [6, 6.07) is 0. The molecule has 0 radical (unpaired) electrons. The highest BCUT2D eigenvalue weighted by Gasteiger charge is 2.30. The molecule has 0 spiro atoms. The van der Waals surface area contributed by atoms with E-state index in [1.54, 1.807) is 14.2 Å². The van der Waals surface area contributed by atoms with Crippen molar-refractivity contribution >= 4 is 0 Å². The molecule has 1 N–H and O–H groups in total. The molecule has 7 heteroatoms. The summed E-state index contributed by atoms with van der Waals surface area (Å²) in [5.41, 5.74) is 0. The van der Waals surface area contributed by atoms with Crippen LogP contribution in [0, 0.1) is 0 Å². The summed E-state index contributed by atoms with van der Waals surface area (Å²) < 4.78 is 47.9. The number of methoxy groups -OCH3 is 2. The van der Waals surface area contributed by atoms with Gasteiger partial charge in [-0.1, -0.05) is 0 Å². The van der Waals surface area contributed by atoms with E-state index in [1.807, 2.05) is 0 Å². The first-order valence-electron chi connectivity index (χ1n) is 9.73. The molecule has 142 valence electrons. The molecule has 0 bridgehead atoms. The Hall–Kier alpha value is -0.280. The van der Waals surface area contributed by atoms with E-state index < -0.39 is 19.3 Å². The summed E-state index contributed by atoms with van der Waals surface area (Å²) >= 11 is 0. The number of aliphatic hydroxyl groups is 1. The van der Waals surface area contributed by atoms with Gasteiger partial charge in [0, 0.05) is 40.6 Å². The van der Waals surface area contributed by atoms with E-state index in [4.69, 9.17) is 31.2 Å². The van der Waals surface area contributed by atoms with Gasteiger partial charge < -0.3 is 33.5 Å². The van der Waals surface area contributed by atoms with Gasteiger partial charge in [-0.05, 0) is 25.7 Å². The van der Waals surface area contributed by atoms with Crippen molar-refractivity contribution in [1.29, 1.82) is 0 Å². The van der Waals surface area contributed by atoms with Gasteiger partial charge in [-0.15, -0.1) is 0 Å². The lowest BCUT2D eigenvalue weighted by molar-refractivity contribution is -0.0574. The van der Waals surface area contributed by atoms with Crippen LogP contribution in [0.1, 0.15) is 28.4 Å². The lowest BCUT2D eigenvalue weighted by Gasteiger charge is -2.20. The monoisotopic (exact) mass is 352 g/mol. The summed E-state index contributed by atoms with van der Waals surface area (Å²) in [4.78, 5) is 0. The molecule has 2 saturated heterocycles. The molecule has 2 rings (SSSR count). The van der Waals surface area contributed by atoms with Crippen LogP contribution in [-0.4, -0.2) is 89.4 Å². The third-order valence-electron chi connectivity index (χ3n) is 4.26. The number of hydrogen-bond acceptors (Lipinski definition) is 7. The molecule has 2 fully saturated rings. The normalized spacial score (nSPS) is 39.0. The second-order valence-electron chi connectivity index (χ2n) is 6.11. The van der Waals surface area contributed by atoms with Gasteiger partial charge in [0.15, 0.2) is 0 Å². The molecule has 0 saturated carbocycles. The van der Waals surface area contributed by atoms with Crippen LogP contribution in [0.25, 0.3) is 0 Å². The fourth-order valence-corrected chi connectivity index (χ4v) is 2.85. The summed E-state index contributed by atoms with van der Waals surface area (Å²) in [5.74, 6) is 0. The van der Waals surface area contributed by atoms with Crippen molar-refractivity contribution in [1.82, 2.24) is 0 Å². The molecular weight excluding hydrogens is 316 g/mol. The van der Waals surface area contributed by atoms with E-state index in [2.05, 4.69) is 0 Å². The lowest BCUT2D eigenvalue weighted by atomic mass is 10.1. The van der Waals surface area contributed by atoms with Crippen molar-refractivity contribution in [3.05, 3.63) is 0 Å². The second-order valence-corrected chi connectivity index (χ2v) is 6.11. The minimum atomic E-state index is -0.576. The Kier molecular flexibility index (Phi) is 8.12. The van der Waals surface area contributed by atoms with Crippen LogP contribution in [0.15, 0.2) is 0 Å². The predicted molar refractivity (Wildman–Crippen MR) is 87.2 cm³/mol. The highest BCUT2D eigenvalue weighted by molar-refractivity contribution is 4.78. The molecule has 7 atom stereocenters. The largest absolute Gasteiger partial charge is 0.393 e. The molecule has 2 heterocycles. The molecule has 0 aromatic heterocycles. The lowest BCUT2D eigenvalue weighted by Crippen LogP contribution is -2.30. The van der Waals surface area contributed by atoms with E-state index in [0.717, 1.165) is 0 Å². The molecule has 0 aromatic rings. The van der Waals surface area contributed by atoms with E-state index in [-0.39, 0.29) is 24.4 Å². The fraction of sp³-hybridized carbons (Fsp3) is 1.00. The number of rotatable bonds is 12. The van der Waals surface area contributed by atoms with Gasteiger partial charge >= 0.3 is 0 Å². The van der Waals surface area contributed by atoms with Gasteiger partial charge in [-0.25, -0.2) is 0 Å². The highest BCUT2D eigenvalue weighted by Crippen LogP contribution is 2.19. The maximum Gasteiger partial charge on any atom is 0.107 e. The van der Waals surface area contributed by atoms with E-state index in [9.17, 15) is 5.11 Å². The van der Waals surface area contributed by atoms with Crippen molar-refractivity contribution in [2.24, 2.45) is 0 Å². The first kappa shape index (κ1) is 17.1. The van der Waals surface area contributed by atoms with Crippen LogP contribution in [0.2, 0.25) is 0 Å². The Morgan fingerprint density at radius 2 is 1.42 bits per heavy atom. The predicted octanol–water partition coefficient (Wildman–Crippen LogP) is 0.769. The van der Waals surface area contributed by atoms with Gasteiger partial charge in [-0.3, -0.25) is 0 Å². The van der Waals surface area contributed by atoms with Crippen LogP contribution in [-0.2, 0) is 28.4 Å². The van der Waals surface area contributed by atoms with Gasteiger partial charge in [-0.2, -0.15) is 0 Å². The van der Waals surface area contributed by atoms with Gasteiger partial charge in [0.05, 0.1) is 34.3 Å². The zero-order chi connectivity index (χ0) is 18.9. The molecule has 3 unspecified atom stereocenters. The molecular formula is C17H32O7. The van der Waals surface area contributed by atoms with Gasteiger partial charge in [0.1, 0.15) is 12.2 Å². The Morgan fingerprint density at radius 1 is 0.958 bits per heavy atom. The minimum Gasteiger partial charge on any atom is -0.393 e. The van der Waals surface area contributed by atoms with Crippen molar-refractivity contribution in [2.75, 3.05) is 53.8 Å². The third kappa shape index (κ3) is 6.55. The molecule has 0 aromatic carbocycles. The maximum atomic E-state index is 10.1. The van der Waals surface area contributed by atoms with E-state index in [1.165, 1.54) is 0 Å². The average molecular weight is 352 g/mol. The second kappa shape index (κ2) is 11.4. The minimum absolute atomic E-state index is 0.166. The van der Waals surface area contributed by atoms with Crippen molar-refractivity contribution in [3.8, 4) is 0 Å². The van der Waals surface area contributed by atoms with E-state index in [0.29, 0.717) is 52.1 Å². The van der Waals surface area contributed by atoms with Crippen molar-refractivity contribution in [3.63, 3.8) is 0 Å². The highest BCUT2D eigenvalue weighted by atomic mass is 16.6. The Bertz CT molecular complexity index is 356. The first-order chi connectivity index (χ1) is 12.5. The standard InChI is InChI=1S/C17H32O7/c1-19-11-16-14(5-9-23-16)21-7-3-13(18)4-8-22-15-6-10-24-17(15)12-20-2/h13-18H,3-12H2,1-2H3/t13?,14?,15?,16-,17-/m1/s1/i9T,10T/t9-,10+,13?,14?,15?,16-,17-. The van der Waals surface area contributed by atoms with Crippen molar-refractivity contribution in [2.45, 2.75) is 56.2 Å².